The van der Waals surface area contributed by atoms with Crippen molar-refractivity contribution in [2.45, 2.75) is 18.9 Å². The summed E-state index contributed by atoms with van der Waals surface area (Å²) < 4.78 is 0. The molecule has 154 valence electrons. The molecule has 1 amide bonds. The van der Waals surface area contributed by atoms with Crippen molar-refractivity contribution in [3.8, 4) is 0 Å². The highest BCUT2D eigenvalue weighted by Gasteiger charge is 2.16. The van der Waals surface area contributed by atoms with Crippen LogP contribution in [0.2, 0.25) is 5.02 Å². The minimum atomic E-state index is -0.981. The third-order valence-electron chi connectivity index (χ3n) is 4.77. The van der Waals surface area contributed by atoms with Crippen LogP contribution in [0, 0.1) is 0 Å². The number of aryl methyl sites for hydroxylation is 2. The van der Waals surface area contributed by atoms with E-state index in [0.29, 0.717) is 28.9 Å². The normalized spacial score (nSPS) is 13.6. The number of nitrogens with two attached hydrogens (primary N) is 1. The predicted octanol–water partition coefficient (Wildman–Crippen LogP) is 2.97. The second kappa shape index (κ2) is 8.66. The molecule has 8 nitrogen and oxygen atoms in total. The number of nitrogens with zero attached hydrogens (tertiary/aromatic N) is 2. The van der Waals surface area contributed by atoms with Crippen LogP contribution in [0.3, 0.4) is 0 Å². The third-order valence-corrected chi connectivity index (χ3v) is 5.05. The van der Waals surface area contributed by atoms with E-state index in [9.17, 15) is 4.79 Å². The highest BCUT2D eigenvalue weighted by atomic mass is 35.5. The van der Waals surface area contributed by atoms with Gasteiger partial charge in [0, 0.05) is 17.1 Å². The van der Waals surface area contributed by atoms with Gasteiger partial charge in [-0.2, -0.15) is 4.98 Å². The Kier molecular flexibility index (Phi) is 5.80. The molecule has 2 aromatic carbocycles. The van der Waals surface area contributed by atoms with Crippen molar-refractivity contribution in [1.82, 2.24) is 9.97 Å². The van der Waals surface area contributed by atoms with Crippen LogP contribution >= 0.6 is 11.6 Å². The predicted molar refractivity (Wildman–Crippen MR) is 118 cm³/mol. The van der Waals surface area contributed by atoms with Crippen molar-refractivity contribution in [2.24, 2.45) is 5.73 Å². The highest BCUT2D eigenvalue weighted by Crippen LogP contribution is 2.29. The number of aliphatic hydroxyl groups excluding tert-OH is 1. The van der Waals surface area contributed by atoms with E-state index in [1.165, 1.54) is 6.20 Å². The van der Waals surface area contributed by atoms with Crippen LogP contribution in [0.5, 0.6) is 0 Å². The first-order chi connectivity index (χ1) is 14.5. The van der Waals surface area contributed by atoms with Crippen LogP contribution in [0.15, 0.2) is 48.7 Å². The maximum atomic E-state index is 12.2. The van der Waals surface area contributed by atoms with Crippen LogP contribution in [0.4, 0.5) is 28.8 Å². The van der Waals surface area contributed by atoms with E-state index < -0.39 is 18.6 Å². The number of aromatic nitrogens is 2. The molecule has 3 aromatic rings. The van der Waals surface area contributed by atoms with Gasteiger partial charge in [-0.05, 0) is 54.3 Å². The van der Waals surface area contributed by atoms with Gasteiger partial charge in [0.05, 0.1) is 12.8 Å². The Morgan fingerprint density at radius 2 is 2.03 bits per heavy atom. The molecule has 0 saturated heterocycles. The Morgan fingerprint density at radius 3 is 2.87 bits per heavy atom. The van der Waals surface area contributed by atoms with Crippen LogP contribution in [0.25, 0.3) is 0 Å². The summed E-state index contributed by atoms with van der Waals surface area (Å²) in [5.74, 6) is 0.460. The van der Waals surface area contributed by atoms with Gasteiger partial charge in [-0.3, -0.25) is 4.79 Å². The van der Waals surface area contributed by atoms with Gasteiger partial charge in [-0.15, -0.1) is 0 Å². The number of hydrogen-bond acceptors (Lipinski definition) is 7. The molecule has 30 heavy (non-hydrogen) atoms. The number of fused-ring (bicyclic) bond motifs is 6. The number of aliphatic hydroxyl groups is 1. The Balaban J connectivity index is 1.74. The minimum Gasteiger partial charge on any atom is -0.394 e. The maximum absolute atomic E-state index is 12.2. The molecule has 2 heterocycles. The summed E-state index contributed by atoms with van der Waals surface area (Å²) in [6.45, 7) is -0.421. The maximum Gasteiger partial charge on any atom is 0.243 e. The fourth-order valence-electron chi connectivity index (χ4n) is 3.17. The van der Waals surface area contributed by atoms with Gasteiger partial charge in [0.15, 0.2) is 5.82 Å². The van der Waals surface area contributed by atoms with E-state index in [4.69, 9.17) is 22.4 Å². The zero-order chi connectivity index (χ0) is 21.1. The second-order valence-electron chi connectivity index (χ2n) is 6.99. The number of rotatable bonds is 3. The fraction of sp³-hybridized carbons (Fsp3) is 0.190. The lowest BCUT2D eigenvalue weighted by atomic mass is 10.0. The minimum absolute atomic E-state index is 0.386. The Labute approximate surface area is 178 Å². The first-order valence-corrected chi connectivity index (χ1v) is 9.85. The van der Waals surface area contributed by atoms with E-state index in [1.54, 1.807) is 6.07 Å². The van der Waals surface area contributed by atoms with Crippen LogP contribution in [0.1, 0.15) is 11.1 Å². The summed E-state index contributed by atoms with van der Waals surface area (Å²) in [6.07, 6.45) is 2.97. The molecular weight excluding hydrogens is 404 g/mol. The zero-order valence-electron chi connectivity index (χ0n) is 16.0. The van der Waals surface area contributed by atoms with Gasteiger partial charge >= 0.3 is 0 Å². The summed E-state index contributed by atoms with van der Waals surface area (Å²) in [5.41, 5.74) is 9.97. The van der Waals surface area contributed by atoms with Gasteiger partial charge < -0.3 is 26.8 Å². The largest absolute Gasteiger partial charge is 0.394 e. The Bertz CT molecular complexity index is 1090. The Morgan fingerprint density at radius 1 is 1.20 bits per heavy atom. The summed E-state index contributed by atoms with van der Waals surface area (Å²) in [6, 6.07) is 12.5. The monoisotopic (exact) mass is 424 g/mol. The molecule has 1 aliphatic heterocycles. The molecule has 0 aliphatic carbocycles. The standard InChI is InChI=1S/C21H21ClN6O2/c22-16-10-24-21-26-14-3-1-2-12(8-14)4-5-13-9-15(25-19(16)28-21)6-7-18(13)27-20(30)17(23)11-29/h1-3,6-10,17,29H,4-5,11,23H2,(H,27,30)(H2,24,25,26,28)/t17-/m0/s1. The molecule has 1 aliphatic rings. The molecule has 6 bridgehead atoms. The molecule has 0 unspecified atom stereocenters. The van der Waals surface area contributed by atoms with E-state index >= 15 is 0 Å². The molecule has 0 radical (unpaired) electrons. The van der Waals surface area contributed by atoms with Crippen molar-refractivity contribution < 1.29 is 9.90 Å². The molecule has 1 atom stereocenters. The number of carbonyl (C=O) groups excluding carboxylic acids is 1. The molecule has 1 aromatic heterocycles. The first kappa shape index (κ1) is 20.1. The Hall–Kier alpha value is -3.20. The van der Waals surface area contributed by atoms with Gasteiger partial charge in [-0.25, -0.2) is 4.98 Å². The van der Waals surface area contributed by atoms with Crippen LogP contribution < -0.4 is 21.7 Å². The molecule has 6 N–H and O–H groups in total. The SMILES string of the molecule is N[C@@H](CO)C(=O)Nc1ccc2cc1CCc1cccc(c1)Nc1ncc(Cl)c(n1)N2. The summed E-state index contributed by atoms with van der Waals surface area (Å²) in [4.78, 5) is 20.9. The smallest absolute Gasteiger partial charge is 0.243 e. The van der Waals surface area contributed by atoms with Crippen molar-refractivity contribution in [2.75, 3.05) is 22.6 Å². The number of nitrogens with one attached hydrogen (secondary N) is 3. The average Bonchev–Trinajstić information content (AvgIpc) is 2.75. The van der Waals surface area contributed by atoms with Crippen LogP contribution in [-0.4, -0.2) is 33.6 Å². The van der Waals surface area contributed by atoms with E-state index in [0.717, 1.165) is 28.9 Å². The number of amides is 1. The molecular formula is C21H21ClN6O2. The first-order valence-electron chi connectivity index (χ1n) is 9.47. The highest BCUT2D eigenvalue weighted by molar-refractivity contribution is 6.32. The topological polar surface area (TPSA) is 125 Å². The third kappa shape index (κ3) is 4.51. The summed E-state index contributed by atoms with van der Waals surface area (Å²) in [7, 11) is 0. The van der Waals surface area contributed by atoms with E-state index in [1.807, 2.05) is 36.4 Å². The number of halogens is 1. The van der Waals surface area contributed by atoms with E-state index in [-0.39, 0.29) is 0 Å². The van der Waals surface area contributed by atoms with Gasteiger partial charge in [0.2, 0.25) is 11.9 Å². The molecule has 4 rings (SSSR count). The lowest BCUT2D eigenvalue weighted by Gasteiger charge is -2.16. The van der Waals surface area contributed by atoms with Crippen molar-refractivity contribution >= 4 is 46.3 Å². The number of hydrogen-bond donors (Lipinski definition) is 5. The van der Waals surface area contributed by atoms with E-state index in [2.05, 4.69) is 25.9 Å². The quantitative estimate of drug-likeness (QED) is 0.437. The average molecular weight is 425 g/mol. The zero-order valence-corrected chi connectivity index (χ0v) is 16.8. The summed E-state index contributed by atoms with van der Waals surface area (Å²) in [5, 5.41) is 18.7. The lowest BCUT2D eigenvalue weighted by molar-refractivity contribution is -0.118. The second-order valence-corrected chi connectivity index (χ2v) is 7.40. The van der Waals surface area contributed by atoms with Gasteiger partial charge in [-0.1, -0.05) is 23.7 Å². The van der Waals surface area contributed by atoms with Gasteiger partial charge in [0.25, 0.3) is 0 Å². The molecule has 0 fully saturated rings. The van der Waals surface area contributed by atoms with Crippen LogP contribution in [-0.2, 0) is 17.6 Å². The molecule has 0 saturated carbocycles. The lowest BCUT2D eigenvalue weighted by Crippen LogP contribution is -2.38. The van der Waals surface area contributed by atoms with Gasteiger partial charge in [0.1, 0.15) is 11.1 Å². The van der Waals surface area contributed by atoms with Crippen molar-refractivity contribution in [3.63, 3.8) is 0 Å². The van der Waals surface area contributed by atoms with Crippen molar-refractivity contribution in [3.05, 3.63) is 64.8 Å². The van der Waals surface area contributed by atoms with Crippen molar-refractivity contribution in [1.29, 1.82) is 0 Å². The molecule has 9 heteroatoms. The molecule has 0 spiro atoms. The number of benzene rings is 2. The number of carbonyl (C=O) groups is 1. The summed E-state index contributed by atoms with van der Waals surface area (Å²) >= 11 is 6.27. The number of anilines is 5. The fourth-order valence-corrected chi connectivity index (χ4v) is 3.31.